The Hall–Kier alpha value is -1.82. The molecular weight excluding hydrogens is 258 g/mol. The molecule has 0 unspecified atom stereocenters. The second-order valence-corrected chi connectivity index (χ2v) is 6.06. The molecule has 110 valence electrons. The fraction of sp³-hybridized carbons (Fsp3) is 0.571. The van der Waals surface area contributed by atoms with Gasteiger partial charge >= 0.3 is 6.09 Å². The molecule has 1 fully saturated rings. The van der Waals surface area contributed by atoms with Crippen LogP contribution in [0.4, 0.5) is 10.5 Å². The van der Waals surface area contributed by atoms with Crippen LogP contribution in [-0.4, -0.2) is 45.9 Å². The van der Waals surface area contributed by atoms with Gasteiger partial charge in [0.1, 0.15) is 5.60 Å². The fourth-order valence-electron chi connectivity index (χ4n) is 2.30. The summed E-state index contributed by atoms with van der Waals surface area (Å²) in [6, 6.07) is 1.69. The number of carbonyl (C=O) groups is 1. The molecule has 0 aromatic carbocycles. The van der Waals surface area contributed by atoms with Crippen LogP contribution in [0.2, 0.25) is 0 Å². The molecule has 2 rings (SSSR count). The zero-order chi connectivity index (χ0) is 14.9. The highest BCUT2D eigenvalue weighted by atomic mass is 16.6. The summed E-state index contributed by atoms with van der Waals surface area (Å²) >= 11 is 0. The first-order valence-corrected chi connectivity index (χ1v) is 6.63. The molecule has 0 bridgehead atoms. The van der Waals surface area contributed by atoms with Crippen LogP contribution in [0.5, 0.6) is 0 Å². The third-order valence-electron chi connectivity index (χ3n) is 3.23. The molecule has 1 amide bonds. The number of nitrogens with two attached hydrogens (primary N) is 1. The molecule has 3 N–H and O–H groups in total. The summed E-state index contributed by atoms with van der Waals surface area (Å²) in [6.07, 6.45) is 2.17. The highest BCUT2D eigenvalue weighted by molar-refractivity contribution is 5.69. The van der Waals surface area contributed by atoms with Crippen molar-refractivity contribution in [2.75, 3.05) is 18.8 Å². The maximum Gasteiger partial charge on any atom is 0.410 e. The molecule has 0 spiro atoms. The minimum Gasteiger partial charge on any atom is -0.444 e. The number of ether oxygens (including phenoxy) is 1. The topological polar surface area (TPSA) is 88.7 Å². The lowest BCUT2D eigenvalue weighted by Gasteiger charge is -2.24. The molecule has 1 aliphatic rings. The number of anilines is 1. The molecule has 0 saturated carbocycles. The van der Waals surface area contributed by atoms with Gasteiger partial charge in [0.2, 0.25) is 0 Å². The van der Waals surface area contributed by atoms with Crippen LogP contribution in [0.15, 0.2) is 18.5 Å². The van der Waals surface area contributed by atoms with Gasteiger partial charge in [0, 0.05) is 36.1 Å². The first-order chi connectivity index (χ1) is 9.28. The Morgan fingerprint density at radius 2 is 2.20 bits per heavy atom. The summed E-state index contributed by atoms with van der Waals surface area (Å²) in [6.45, 7) is 6.07. The van der Waals surface area contributed by atoms with E-state index in [1.807, 2.05) is 20.8 Å². The van der Waals surface area contributed by atoms with E-state index in [9.17, 15) is 9.90 Å². The van der Waals surface area contributed by atoms with Crippen molar-refractivity contribution in [1.29, 1.82) is 0 Å². The zero-order valence-electron chi connectivity index (χ0n) is 12.0. The summed E-state index contributed by atoms with van der Waals surface area (Å²) in [5.74, 6) is -0.226. The Morgan fingerprint density at radius 1 is 1.50 bits per heavy atom. The molecule has 20 heavy (non-hydrogen) atoms. The van der Waals surface area contributed by atoms with Crippen LogP contribution >= 0.6 is 0 Å². The average molecular weight is 279 g/mol. The third kappa shape index (κ3) is 3.19. The lowest BCUT2D eigenvalue weighted by Crippen LogP contribution is -2.35. The highest BCUT2D eigenvalue weighted by Gasteiger charge is 2.37. The molecule has 2 heterocycles. The minimum atomic E-state index is -0.658. The minimum absolute atomic E-state index is 0.226. The number of nitrogens with zero attached hydrogens (tertiary/aromatic N) is 2. The van der Waals surface area contributed by atoms with Gasteiger partial charge in [-0.15, -0.1) is 0 Å². The molecule has 1 aromatic heterocycles. The van der Waals surface area contributed by atoms with Gasteiger partial charge in [-0.25, -0.2) is 4.79 Å². The predicted molar refractivity (Wildman–Crippen MR) is 75.2 cm³/mol. The number of aliphatic hydroxyl groups excluding tert-OH is 1. The summed E-state index contributed by atoms with van der Waals surface area (Å²) in [4.78, 5) is 17.5. The van der Waals surface area contributed by atoms with E-state index in [1.165, 1.54) is 4.90 Å². The lowest BCUT2D eigenvalue weighted by molar-refractivity contribution is 0.0270. The van der Waals surface area contributed by atoms with E-state index in [4.69, 9.17) is 10.5 Å². The van der Waals surface area contributed by atoms with Gasteiger partial charge in [0.25, 0.3) is 0 Å². The maximum atomic E-state index is 12.0. The van der Waals surface area contributed by atoms with Crippen molar-refractivity contribution in [2.45, 2.75) is 38.4 Å². The van der Waals surface area contributed by atoms with Crippen LogP contribution in [-0.2, 0) is 4.74 Å². The molecular formula is C14H21N3O3. The Labute approximate surface area is 118 Å². The van der Waals surface area contributed by atoms with E-state index in [-0.39, 0.29) is 12.5 Å². The standard InChI is InChI=1S/C14H21N3O3/c1-14(2,3)20-13(19)17-7-10(12(18)8-17)9-6-16-5-4-11(9)15/h4-6,10,12,18H,7-8H2,1-3H3,(H2,15,16)/t10-,12+/m0/s1. The Balaban J connectivity index is 2.10. The molecule has 1 aromatic rings. The summed E-state index contributed by atoms with van der Waals surface area (Å²) in [7, 11) is 0. The van der Waals surface area contributed by atoms with E-state index < -0.39 is 17.8 Å². The molecule has 1 aliphatic heterocycles. The average Bonchev–Trinajstić information content (AvgIpc) is 2.70. The van der Waals surface area contributed by atoms with E-state index >= 15 is 0 Å². The van der Waals surface area contributed by atoms with Crippen LogP contribution in [0.3, 0.4) is 0 Å². The van der Waals surface area contributed by atoms with Gasteiger partial charge < -0.3 is 20.5 Å². The third-order valence-corrected chi connectivity index (χ3v) is 3.23. The quantitative estimate of drug-likeness (QED) is 0.810. The van der Waals surface area contributed by atoms with Gasteiger partial charge in [-0.1, -0.05) is 0 Å². The van der Waals surface area contributed by atoms with E-state index in [0.717, 1.165) is 5.56 Å². The number of amides is 1. The first-order valence-electron chi connectivity index (χ1n) is 6.63. The smallest absolute Gasteiger partial charge is 0.410 e. The fourth-order valence-corrected chi connectivity index (χ4v) is 2.30. The zero-order valence-corrected chi connectivity index (χ0v) is 12.0. The maximum absolute atomic E-state index is 12.0. The van der Waals surface area contributed by atoms with Crippen LogP contribution in [0.1, 0.15) is 32.3 Å². The van der Waals surface area contributed by atoms with Crippen LogP contribution < -0.4 is 5.73 Å². The predicted octanol–water partition coefficient (Wildman–Crippen LogP) is 1.36. The molecule has 6 nitrogen and oxygen atoms in total. The van der Waals surface area contributed by atoms with Crippen LogP contribution in [0, 0.1) is 0 Å². The van der Waals surface area contributed by atoms with Crippen molar-refractivity contribution in [3.63, 3.8) is 0 Å². The Bertz CT molecular complexity index is 499. The normalized spacial score (nSPS) is 22.9. The number of carbonyl (C=O) groups excluding carboxylic acids is 1. The number of nitrogen functional groups attached to an aromatic ring is 1. The molecule has 2 atom stereocenters. The van der Waals surface area contributed by atoms with Gasteiger partial charge in [0.15, 0.2) is 0 Å². The van der Waals surface area contributed by atoms with Gasteiger partial charge in [-0.2, -0.15) is 0 Å². The number of aliphatic hydroxyl groups is 1. The number of aromatic nitrogens is 1. The Morgan fingerprint density at radius 3 is 2.80 bits per heavy atom. The number of rotatable bonds is 1. The van der Waals surface area contributed by atoms with Gasteiger partial charge in [-0.05, 0) is 26.8 Å². The largest absolute Gasteiger partial charge is 0.444 e. The van der Waals surface area contributed by atoms with Gasteiger partial charge in [-0.3, -0.25) is 4.98 Å². The van der Waals surface area contributed by atoms with Gasteiger partial charge in [0.05, 0.1) is 12.6 Å². The van der Waals surface area contributed by atoms with Crippen molar-refractivity contribution in [2.24, 2.45) is 0 Å². The second kappa shape index (κ2) is 5.28. The molecule has 6 heteroatoms. The lowest BCUT2D eigenvalue weighted by atomic mass is 9.96. The summed E-state index contributed by atoms with van der Waals surface area (Å²) in [5.41, 5.74) is 6.70. The van der Waals surface area contributed by atoms with E-state index in [2.05, 4.69) is 4.98 Å². The van der Waals surface area contributed by atoms with E-state index in [1.54, 1.807) is 18.5 Å². The molecule has 0 aliphatic carbocycles. The first kappa shape index (κ1) is 14.6. The summed E-state index contributed by atoms with van der Waals surface area (Å²) < 4.78 is 5.31. The number of likely N-dealkylation sites (tertiary alicyclic amines) is 1. The van der Waals surface area contributed by atoms with Crippen molar-refractivity contribution in [1.82, 2.24) is 9.88 Å². The van der Waals surface area contributed by atoms with Crippen LogP contribution in [0.25, 0.3) is 0 Å². The number of hydrogen-bond acceptors (Lipinski definition) is 5. The molecule has 1 saturated heterocycles. The molecule has 0 radical (unpaired) electrons. The number of hydrogen-bond donors (Lipinski definition) is 2. The Kier molecular flexibility index (Phi) is 3.85. The van der Waals surface area contributed by atoms with Crippen molar-refractivity contribution in [3.8, 4) is 0 Å². The number of pyridine rings is 1. The van der Waals surface area contributed by atoms with Crippen molar-refractivity contribution >= 4 is 11.8 Å². The highest BCUT2D eigenvalue weighted by Crippen LogP contribution is 2.31. The SMILES string of the molecule is CC(C)(C)OC(=O)N1C[C@@H](O)[C@H](c2cnccc2N)C1. The van der Waals surface area contributed by atoms with Crippen molar-refractivity contribution < 1.29 is 14.6 Å². The second-order valence-electron chi connectivity index (χ2n) is 6.06. The summed E-state index contributed by atoms with van der Waals surface area (Å²) in [5, 5.41) is 10.2. The van der Waals surface area contributed by atoms with Crippen molar-refractivity contribution in [3.05, 3.63) is 24.0 Å². The monoisotopic (exact) mass is 279 g/mol. The van der Waals surface area contributed by atoms with E-state index in [0.29, 0.717) is 12.2 Å². The number of β-amino-alcohol motifs (C(OH)–C–C–N with tert-alkyl or cyclic N) is 1.